The Kier molecular flexibility index (Phi) is 5.60. The zero-order valence-electron chi connectivity index (χ0n) is 11.6. The molecular weight excluding hydrogens is 224 g/mol. The number of hydrogen-bond acceptors (Lipinski definition) is 4. The smallest absolute Gasteiger partial charge is 0.133 e. The predicted octanol–water partition coefficient (Wildman–Crippen LogP) is 2.49. The molecule has 1 rings (SSSR count). The monoisotopic (exact) mass is 246 g/mol. The first kappa shape index (κ1) is 14.5. The minimum Gasteiger partial charge on any atom is -0.353 e. The van der Waals surface area contributed by atoms with Gasteiger partial charge in [-0.05, 0) is 33.9 Å². The number of rotatable bonds is 6. The van der Waals surface area contributed by atoms with E-state index in [0.29, 0.717) is 19.0 Å². The van der Waals surface area contributed by atoms with Crippen LogP contribution in [0.2, 0.25) is 0 Å². The SMILES string of the molecule is CNC(C)c1cccnc1N(CCC#N)C(C)C. The number of nitriles is 1. The average Bonchev–Trinajstić information content (AvgIpc) is 2.38. The molecule has 0 saturated heterocycles. The zero-order valence-corrected chi connectivity index (χ0v) is 11.6. The van der Waals surface area contributed by atoms with Crippen molar-refractivity contribution in [3.63, 3.8) is 0 Å². The summed E-state index contributed by atoms with van der Waals surface area (Å²) in [4.78, 5) is 6.69. The first-order valence-corrected chi connectivity index (χ1v) is 6.37. The quantitative estimate of drug-likeness (QED) is 0.838. The molecule has 0 aliphatic heterocycles. The van der Waals surface area contributed by atoms with Gasteiger partial charge in [-0.3, -0.25) is 0 Å². The second kappa shape index (κ2) is 6.97. The number of nitrogens with one attached hydrogen (secondary N) is 1. The molecule has 1 atom stereocenters. The number of nitrogens with zero attached hydrogens (tertiary/aromatic N) is 3. The fourth-order valence-corrected chi connectivity index (χ4v) is 1.92. The highest BCUT2D eigenvalue weighted by molar-refractivity contribution is 5.49. The van der Waals surface area contributed by atoms with Crippen molar-refractivity contribution in [2.45, 2.75) is 39.3 Å². The van der Waals surface area contributed by atoms with Crippen LogP contribution in [0.3, 0.4) is 0 Å². The van der Waals surface area contributed by atoms with Gasteiger partial charge in [-0.25, -0.2) is 4.98 Å². The number of aromatic nitrogens is 1. The van der Waals surface area contributed by atoms with Crippen molar-refractivity contribution in [2.75, 3.05) is 18.5 Å². The van der Waals surface area contributed by atoms with Crippen molar-refractivity contribution >= 4 is 5.82 Å². The molecule has 0 aromatic carbocycles. The molecule has 0 aliphatic carbocycles. The summed E-state index contributed by atoms with van der Waals surface area (Å²) in [7, 11) is 1.94. The van der Waals surface area contributed by atoms with E-state index in [4.69, 9.17) is 5.26 Å². The molecule has 1 unspecified atom stereocenters. The van der Waals surface area contributed by atoms with Crippen LogP contribution in [0.5, 0.6) is 0 Å². The fraction of sp³-hybridized carbons (Fsp3) is 0.571. The van der Waals surface area contributed by atoms with Gasteiger partial charge in [0.1, 0.15) is 5.82 Å². The lowest BCUT2D eigenvalue weighted by atomic mass is 10.1. The van der Waals surface area contributed by atoms with Crippen molar-refractivity contribution in [3.8, 4) is 6.07 Å². The van der Waals surface area contributed by atoms with E-state index in [1.165, 1.54) is 5.56 Å². The lowest BCUT2D eigenvalue weighted by Gasteiger charge is -2.30. The summed E-state index contributed by atoms with van der Waals surface area (Å²) in [5.74, 6) is 0.976. The van der Waals surface area contributed by atoms with Crippen LogP contribution in [0.15, 0.2) is 18.3 Å². The molecule has 4 nitrogen and oxygen atoms in total. The summed E-state index contributed by atoms with van der Waals surface area (Å²) in [5.41, 5.74) is 1.17. The second-order valence-corrected chi connectivity index (χ2v) is 4.62. The van der Waals surface area contributed by atoms with Crippen LogP contribution in [0.25, 0.3) is 0 Å². The number of pyridine rings is 1. The van der Waals surface area contributed by atoms with Crippen molar-refractivity contribution in [2.24, 2.45) is 0 Å². The molecule has 0 aliphatic rings. The Hall–Kier alpha value is -1.60. The highest BCUT2D eigenvalue weighted by Gasteiger charge is 2.17. The minimum atomic E-state index is 0.247. The first-order chi connectivity index (χ1) is 8.61. The van der Waals surface area contributed by atoms with E-state index >= 15 is 0 Å². The average molecular weight is 246 g/mol. The van der Waals surface area contributed by atoms with Gasteiger partial charge in [0.15, 0.2) is 0 Å². The van der Waals surface area contributed by atoms with E-state index in [1.807, 2.05) is 19.3 Å². The highest BCUT2D eigenvalue weighted by atomic mass is 15.2. The Morgan fingerprint density at radius 2 is 2.17 bits per heavy atom. The molecule has 0 bridgehead atoms. The third kappa shape index (κ3) is 3.44. The summed E-state index contributed by atoms with van der Waals surface area (Å²) in [6.07, 6.45) is 2.32. The molecule has 1 N–H and O–H groups in total. The molecular formula is C14H22N4. The largest absolute Gasteiger partial charge is 0.353 e. The first-order valence-electron chi connectivity index (χ1n) is 6.37. The topological polar surface area (TPSA) is 52.0 Å². The van der Waals surface area contributed by atoms with Gasteiger partial charge >= 0.3 is 0 Å². The van der Waals surface area contributed by atoms with Gasteiger partial charge in [-0.2, -0.15) is 5.26 Å². The van der Waals surface area contributed by atoms with E-state index in [2.05, 4.69) is 48.1 Å². The van der Waals surface area contributed by atoms with Crippen LogP contribution < -0.4 is 10.2 Å². The normalized spacial score (nSPS) is 12.2. The van der Waals surface area contributed by atoms with Gasteiger partial charge in [0, 0.05) is 30.4 Å². The molecule has 0 spiro atoms. The van der Waals surface area contributed by atoms with Gasteiger partial charge in [0.25, 0.3) is 0 Å². The maximum Gasteiger partial charge on any atom is 0.133 e. The van der Waals surface area contributed by atoms with Gasteiger partial charge < -0.3 is 10.2 Å². The lowest BCUT2D eigenvalue weighted by molar-refractivity contribution is 0.626. The van der Waals surface area contributed by atoms with Crippen molar-refractivity contribution in [1.82, 2.24) is 10.3 Å². The molecule has 98 valence electrons. The molecule has 0 amide bonds. The Bertz CT molecular complexity index is 409. The second-order valence-electron chi connectivity index (χ2n) is 4.62. The molecule has 1 heterocycles. The van der Waals surface area contributed by atoms with E-state index < -0.39 is 0 Å². The van der Waals surface area contributed by atoms with E-state index in [9.17, 15) is 0 Å². The summed E-state index contributed by atoms with van der Waals surface area (Å²) in [6, 6.07) is 6.82. The minimum absolute atomic E-state index is 0.247. The molecule has 1 aromatic rings. The van der Waals surface area contributed by atoms with Crippen molar-refractivity contribution < 1.29 is 0 Å². The van der Waals surface area contributed by atoms with E-state index in [1.54, 1.807) is 0 Å². The molecule has 0 radical (unpaired) electrons. The number of hydrogen-bond donors (Lipinski definition) is 1. The third-order valence-electron chi connectivity index (χ3n) is 3.08. The number of anilines is 1. The van der Waals surface area contributed by atoms with Gasteiger partial charge in [-0.15, -0.1) is 0 Å². The van der Waals surface area contributed by atoms with Crippen LogP contribution >= 0.6 is 0 Å². The zero-order chi connectivity index (χ0) is 13.5. The Morgan fingerprint density at radius 3 is 2.72 bits per heavy atom. The van der Waals surface area contributed by atoms with E-state index in [0.717, 1.165) is 5.82 Å². The summed E-state index contributed by atoms with van der Waals surface area (Å²) >= 11 is 0. The molecule has 0 fully saturated rings. The maximum atomic E-state index is 8.76. The van der Waals surface area contributed by atoms with Crippen LogP contribution in [-0.4, -0.2) is 24.6 Å². The van der Waals surface area contributed by atoms with Crippen molar-refractivity contribution in [3.05, 3.63) is 23.9 Å². The summed E-state index contributed by atoms with van der Waals surface area (Å²) in [6.45, 7) is 7.08. The van der Waals surface area contributed by atoms with Gasteiger partial charge in [-0.1, -0.05) is 6.07 Å². The third-order valence-corrected chi connectivity index (χ3v) is 3.08. The highest BCUT2D eigenvalue weighted by Crippen LogP contribution is 2.25. The van der Waals surface area contributed by atoms with Crippen LogP contribution in [0, 0.1) is 11.3 Å². The lowest BCUT2D eigenvalue weighted by Crippen LogP contribution is -2.34. The summed E-state index contributed by atoms with van der Waals surface area (Å²) < 4.78 is 0. The Balaban J connectivity index is 3.07. The van der Waals surface area contributed by atoms with Gasteiger partial charge in [0.05, 0.1) is 12.5 Å². The Labute approximate surface area is 110 Å². The molecule has 1 aromatic heterocycles. The molecule has 0 saturated carbocycles. The van der Waals surface area contributed by atoms with E-state index in [-0.39, 0.29) is 6.04 Å². The fourth-order valence-electron chi connectivity index (χ4n) is 1.92. The van der Waals surface area contributed by atoms with Crippen molar-refractivity contribution in [1.29, 1.82) is 5.26 Å². The van der Waals surface area contributed by atoms with Crippen LogP contribution in [0.1, 0.15) is 38.8 Å². The standard InChI is InChI=1S/C14H22N4/c1-11(2)18(10-6-8-15)14-13(12(3)16-4)7-5-9-17-14/h5,7,9,11-12,16H,6,10H2,1-4H3. The summed E-state index contributed by atoms with van der Waals surface area (Å²) in [5, 5.41) is 12.0. The molecule has 18 heavy (non-hydrogen) atoms. The Morgan fingerprint density at radius 1 is 1.44 bits per heavy atom. The van der Waals surface area contributed by atoms with Crippen LogP contribution in [0.4, 0.5) is 5.82 Å². The maximum absolute atomic E-state index is 8.76. The molecule has 4 heteroatoms. The van der Waals surface area contributed by atoms with Crippen LogP contribution in [-0.2, 0) is 0 Å². The predicted molar refractivity (Wildman–Crippen MR) is 74.4 cm³/mol. The van der Waals surface area contributed by atoms with Gasteiger partial charge in [0.2, 0.25) is 0 Å².